The van der Waals surface area contributed by atoms with Crippen LogP contribution in [-0.2, 0) is 16.6 Å². The highest BCUT2D eigenvalue weighted by Crippen LogP contribution is 2.33. The van der Waals surface area contributed by atoms with Crippen LogP contribution in [0, 0.1) is 5.82 Å². The summed E-state index contributed by atoms with van der Waals surface area (Å²) in [4.78, 5) is -0.107. The maximum absolute atomic E-state index is 13.1. The normalized spacial score (nSPS) is 11.4. The molecule has 0 heterocycles. The molecule has 0 saturated carbocycles. The van der Waals surface area contributed by atoms with Gasteiger partial charge < -0.3 is 5.11 Å². The van der Waals surface area contributed by atoms with Gasteiger partial charge in [-0.1, -0.05) is 41.4 Å². The Morgan fingerprint density at radius 3 is 2.29 bits per heavy atom. The van der Waals surface area contributed by atoms with Crippen LogP contribution in [0.2, 0.25) is 10.0 Å². The van der Waals surface area contributed by atoms with Gasteiger partial charge in [-0.3, -0.25) is 4.72 Å². The van der Waals surface area contributed by atoms with E-state index in [-0.39, 0.29) is 26.2 Å². The van der Waals surface area contributed by atoms with Gasteiger partial charge in [0.1, 0.15) is 5.82 Å². The lowest BCUT2D eigenvalue weighted by molar-refractivity contribution is 0.278. The van der Waals surface area contributed by atoms with Gasteiger partial charge in [0, 0.05) is 0 Å². The fourth-order valence-electron chi connectivity index (χ4n) is 1.73. The second-order valence-corrected chi connectivity index (χ2v) is 6.58. The monoisotopic (exact) mass is 349 g/mol. The molecule has 2 aromatic carbocycles. The number of benzene rings is 2. The highest BCUT2D eigenvalue weighted by molar-refractivity contribution is 7.92. The quantitative estimate of drug-likeness (QED) is 0.888. The lowest BCUT2D eigenvalue weighted by Gasteiger charge is -2.13. The van der Waals surface area contributed by atoms with Gasteiger partial charge in [0.15, 0.2) is 0 Å². The van der Waals surface area contributed by atoms with Crippen LogP contribution in [0.1, 0.15) is 5.56 Å². The first-order valence-corrected chi connectivity index (χ1v) is 7.95. The third-order valence-electron chi connectivity index (χ3n) is 2.68. The van der Waals surface area contributed by atoms with Gasteiger partial charge in [-0.05, 0) is 23.8 Å². The van der Waals surface area contributed by atoms with E-state index < -0.39 is 22.4 Å². The summed E-state index contributed by atoms with van der Waals surface area (Å²) in [6.07, 6.45) is 0. The summed E-state index contributed by atoms with van der Waals surface area (Å²) in [5, 5.41) is 8.88. The smallest absolute Gasteiger partial charge is 0.262 e. The number of sulfonamides is 1. The van der Waals surface area contributed by atoms with E-state index in [0.29, 0.717) is 0 Å². The molecule has 0 amide bonds. The Morgan fingerprint density at radius 2 is 1.71 bits per heavy atom. The molecule has 2 rings (SSSR count). The molecule has 8 heteroatoms. The van der Waals surface area contributed by atoms with Gasteiger partial charge in [0.2, 0.25) is 0 Å². The number of hydrogen-bond donors (Lipinski definition) is 2. The minimum absolute atomic E-state index is 0.107. The molecule has 112 valence electrons. The summed E-state index contributed by atoms with van der Waals surface area (Å²) in [5.41, 5.74) is 0.104. The SMILES string of the molecule is O=S(=O)(Nc1c(Cl)cc(F)cc1Cl)c1ccccc1CO. The van der Waals surface area contributed by atoms with Crippen LogP contribution in [-0.4, -0.2) is 13.5 Å². The number of rotatable bonds is 4. The first-order valence-electron chi connectivity index (χ1n) is 5.71. The molecule has 0 aromatic heterocycles. The van der Waals surface area contributed by atoms with E-state index in [9.17, 15) is 17.9 Å². The minimum Gasteiger partial charge on any atom is -0.392 e. The Bertz CT molecular complexity index is 758. The summed E-state index contributed by atoms with van der Waals surface area (Å²) in [7, 11) is -4.02. The van der Waals surface area contributed by atoms with E-state index in [1.807, 2.05) is 0 Å². The first kappa shape index (κ1) is 16.0. The standard InChI is InChI=1S/C13H10Cl2FNO3S/c14-10-5-9(16)6-11(15)13(10)17-21(19,20)12-4-2-1-3-8(12)7-18/h1-6,17-18H,7H2. The molecule has 0 radical (unpaired) electrons. The molecule has 0 atom stereocenters. The van der Waals surface area contributed by atoms with E-state index in [1.54, 1.807) is 6.07 Å². The molecule has 0 aliphatic carbocycles. The van der Waals surface area contributed by atoms with Crippen molar-refractivity contribution in [3.05, 3.63) is 57.8 Å². The number of anilines is 1. The number of nitrogens with one attached hydrogen (secondary N) is 1. The third-order valence-corrected chi connectivity index (χ3v) is 4.72. The summed E-state index contributed by atoms with van der Waals surface area (Å²) >= 11 is 11.6. The second-order valence-electron chi connectivity index (χ2n) is 4.12. The van der Waals surface area contributed by atoms with Crippen LogP contribution in [0.5, 0.6) is 0 Å². The van der Waals surface area contributed by atoms with Crippen molar-refractivity contribution >= 4 is 38.9 Å². The molecular weight excluding hydrogens is 340 g/mol. The zero-order valence-corrected chi connectivity index (χ0v) is 12.8. The molecule has 0 unspecified atom stereocenters. The van der Waals surface area contributed by atoms with Crippen molar-refractivity contribution in [2.75, 3.05) is 4.72 Å². The van der Waals surface area contributed by atoms with Crippen molar-refractivity contribution in [1.29, 1.82) is 0 Å². The van der Waals surface area contributed by atoms with Gasteiger partial charge in [-0.25, -0.2) is 12.8 Å². The summed E-state index contributed by atoms with van der Waals surface area (Å²) in [6.45, 7) is -0.442. The largest absolute Gasteiger partial charge is 0.392 e. The van der Waals surface area contributed by atoms with Crippen LogP contribution in [0.3, 0.4) is 0 Å². The topological polar surface area (TPSA) is 66.4 Å². The summed E-state index contributed by atoms with van der Waals surface area (Å²) < 4.78 is 40.0. The number of halogens is 3. The maximum atomic E-state index is 13.1. The van der Waals surface area contributed by atoms with Gasteiger partial charge in [-0.15, -0.1) is 0 Å². The number of hydrogen-bond acceptors (Lipinski definition) is 3. The Kier molecular flexibility index (Phi) is 4.73. The van der Waals surface area contributed by atoms with Crippen molar-refractivity contribution in [2.45, 2.75) is 11.5 Å². The van der Waals surface area contributed by atoms with Gasteiger partial charge in [0.25, 0.3) is 10.0 Å². The molecule has 2 aromatic rings. The second kappa shape index (κ2) is 6.19. The molecule has 0 aliphatic rings. The Morgan fingerprint density at radius 1 is 1.14 bits per heavy atom. The minimum atomic E-state index is -4.02. The van der Waals surface area contributed by atoms with Crippen LogP contribution in [0.4, 0.5) is 10.1 Å². The molecule has 21 heavy (non-hydrogen) atoms. The maximum Gasteiger partial charge on any atom is 0.262 e. The Balaban J connectivity index is 2.48. The zero-order valence-electron chi connectivity index (χ0n) is 10.5. The fraction of sp³-hybridized carbons (Fsp3) is 0.0769. The van der Waals surface area contributed by atoms with Crippen molar-refractivity contribution < 1.29 is 17.9 Å². The molecule has 0 saturated heterocycles. The van der Waals surface area contributed by atoms with E-state index in [2.05, 4.69) is 4.72 Å². The molecule has 2 N–H and O–H groups in total. The molecule has 0 spiro atoms. The van der Waals surface area contributed by atoms with Gasteiger partial charge in [0.05, 0.1) is 27.2 Å². The van der Waals surface area contributed by atoms with E-state index in [0.717, 1.165) is 12.1 Å². The summed E-state index contributed by atoms with van der Waals surface area (Å²) in [5.74, 6) is -0.677. The van der Waals surface area contributed by atoms with Crippen LogP contribution in [0.25, 0.3) is 0 Å². The first-order chi connectivity index (χ1) is 9.85. The molecule has 0 bridgehead atoms. The number of aliphatic hydroxyl groups is 1. The van der Waals surface area contributed by atoms with Gasteiger partial charge >= 0.3 is 0 Å². The zero-order chi connectivity index (χ0) is 15.6. The third kappa shape index (κ3) is 3.47. The van der Waals surface area contributed by atoms with Crippen LogP contribution in [0.15, 0.2) is 41.3 Å². The predicted octanol–water partition coefficient (Wildman–Crippen LogP) is 3.43. The lowest BCUT2D eigenvalue weighted by atomic mass is 10.2. The highest BCUT2D eigenvalue weighted by Gasteiger charge is 2.21. The van der Waals surface area contributed by atoms with Gasteiger partial charge in [-0.2, -0.15) is 0 Å². The van der Waals surface area contributed by atoms with Crippen molar-refractivity contribution in [3.63, 3.8) is 0 Å². The Labute approximate surface area is 131 Å². The predicted molar refractivity (Wildman–Crippen MR) is 79.6 cm³/mol. The average Bonchev–Trinajstić information content (AvgIpc) is 2.43. The van der Waals surface area contributed by atoms with E-state index in [1.165, 1.54) is 18.2 Å². The fourth-order valence-corrected chi connectivity index (χ4v) is 3.73. The van der Waals surface area contributed by atoms with E-state index >= 15 is 0 Å². The molecule has 0 aliphatic heterocycles. The van der Waals surface area contributed by atoms with Crippen molar-refractivity contribution in [1.82, 2.24) is 0 Å². The summed E-state index contributed by atoms with van der Waals surface area (Å²) in [6, 6.07) is 7.82. The van der Waals surface area contributed by atoms with E-state index in [4.69, 9.17) is 23.2 Å². The Hall–Kier alpha value is -1.34. The molecule has 0 fully saturated rings. The highest BCUT2D eigenvalue weighted by atomic mass is 35.5. The van der Waals surface area contributed by atoms with Crippen LogP contribution < -0.4 is 4.72 Å². The number of aliphatic hydroxyl groups excluding tert-OH is 1. The average molecular weight is 350 g/mol. The molecular formula is C13H10Cl2FNO3S. The molecule has 4 nitrogen and oxygen atoms in total. The lowest BCUT2D eigenvalue weighted by Crippen LogP contribution is -2.15. The van der Waals surface area contributed by atoms with Crippen LogP contribution >= 0.6 is 23.2 Å². The van der Waals surface area contributed by atoms with Crippen molar-refractivity contribution in [2.24, 2.45) is 0 Å². The van der Waals surface area contributed by atoms with Crippen molar-refractivity contribution in [3.8, 4) is 0 Å².